The number of rotatable bonds is 5. The van der Waals surface area contributed by atoms with Crippen molar-refractivity contribution in [2.75, 3.05) is 13.1 Å². The summed E-state index contributed by atoms with van der Waals surface area (Å²) in [6.45, 7) is 3.33. The highest BCUT2D eigenvalue weighted by Crippen LogP contribution is 2.02. The predicted molar refractivity (Wildman–Crippen MR) is 77.5 cm³/mol. The van der Waals surface area contributed by atoms with E-state index in [0.717, 1.165) is 19.4 Å². The van der Waals surface area contributed by atoms with Gasteiger partial charge in [0, 0.05) is 25.5 Å². The third-order valence-electron chi connectivity index (χ3n) is 2.46. The number of aryl methyl sites for hydroxylation is 1. The van der Waals surface area contributed by atoms with Gasteiger partial charge in [0.25, 0.3) is 0 Å². The van der Waals surface area contributed by atoms with E-state index < -0.39 is 0 Å². The summed E-state index contributed by atoms with van der Waals surface area (Å²) in [5, 5.41) is 11.0. The van der Waals surface area contributed by atoms with Gasteiger partial charge >= 0.3 is 0 Å². The molecule has 18 heavy (non-hydrogen) atoms. The summed E-state index contributed by atoms with van der Waals surface area (Å²) >= 11 is 5.16. The van der Waals surface area contributed by atoms with Crippen molar-refractivity contribution >= 4 is 23.3 Å². The van der Waals surface area contributed by atoms with Gasteiger partial charge in [-0.15, -0.1) is 0 Å². The largest absolute Gasteiger partial charge is 0.370 e. The van der Waals surface area contributed by atoms with Crippen LogP contribution in [0.5, 0.6) is 0 Å². The Morgan fingerprint density at radius 3 is 2.72 bits per heavy atom. The third kappa shape index (κ3) is 4.67. The number of nitrogens with two attached hydrogens (primary N) is 1. The standard InChI is InChI=1S/C12H19N5S/c1-2-16-12(18)17(11(13)14)9-3-4-10-5-7-15-8-6-10/h5-8H,2-4,9H2,1H3,(H3,13,14)(H,16,18). The Balaban J connectivity index is 2.43. The van der Waals surface area contributed by atoms with Gasteiger partial charge in [0.2, 0.25) is 0 Å². The van der Waals surface area contributed by atoms with E-state index in [0.29, 0.717) is 11.7 Å². The van der Waals surface area contributed by atoms with Gasteiger partial charge < -0.3 is 11.1 Å². The van der Waals surface area contributed by atoms with E-state index in [1.807, 2.05) is 19.1 Å². The van der Waals surface area contributed by atoms with E-state index in [2.05, 4.69) is 10.3 Å². The number of guanidine groups is 1. The second kappa shape index (κ2) is 7.60. The molecule has 0 atom stereocenters. The maximum absolute atomic E-state index is 7.51. The lowest BCUT2D eigenvalue weighted by molar-refractivity contribution is 0.555. The normalized spacial score (nSPS) is 9.83. The summed E-state index contributed by atoms with van der Waals surface area (Å²) in [7, 11) is 0. The SMILES string of the molecule is CCNC(=S)N(CCCc1ccncc1)C(=N)N. The Hall–Kier alpha value is -1.69. The van der Waals surface area contributed by atoms with E-state index in [9.17, 15) is 0 Å². The molecular formula is C12H19N5S. The smallest absolute Gasteiger partial charge is 0.194 e. The number of hydrogen-bond acceptors (Lipinski definition) is 3. The molecule has 0 spiro atoms. The van der Waals surface area contributed by atoms with Crippen LogP contribution in [0.4, 0.5) is 0 Å². The predicted octanol–water partition coefficient (Wildman–Crippen LogP) is 1.10. The average molecular weight is 265 g/mol. The van der Waals surface area contributed by atoms with Crippen LogP contribution in [0.3, 0.4) is 0 Å². The summed E-state index contributed by atoms with van der Waals surface area (Å²) in [6.07, 6.45) is 5.36. The second-order valence-electron chi connectivity index (χ2n) is 3.83. The molecule has 0 aromatic carbocycles. The number of hydrogen-bond donors (Lipinski definition) is 3. The fourth-order valence-electron chi connectivity index (χ4n) is 1.57. The fourth-order valence-corrected chi connectivity index (χ4v) is 1.90. The first-order chi connectivity index (χ1) is 8.65. The van der Waals surface area contributed by atoms with Crippen LogP contribution in [0.1, 0.15) is 18.9 Å². The van der Waals surface area contributed by atoms with Crippen LogP contribution in [0.15, 0.2) is 24.5 Å². The molecule has 1 aromatic heterocycles. The van der Waals surface area contributed by atoms with E-state index >= 15 is 0 Å². The van der Waals surface area contributed by atoms with Gasteiger partial charge in [-0.25, -0.2) is 0 Å². The molecule has 1 rings (SSSR count). The lowest BCUT2D eigenvalue weighted by atomic mass is 10.1. The summed E-state index contributed by atoms with van der Waals surface area (Å²) < 4.78 is 0. The zero-order valence-electron chi connectivity index (χ0n) is 10.5. The van der Waals surface area contributed by atoms with Crippen molar-refractivity contribution in [3.8, 4) is 0 Å². The molecule has 0 saturated heterocycles. The molecule has 0 aliphatic rings. The van der Waals surface area contributed by atoms with Gasteiger partial charge in [0.1, 0.15) is 0 Å². The monoisotopic (exact) mass is 265 g/mol. The zero-order chi connectivity index (χ0) is 13.4. The quantitative estimate of drug-likeness (QED) is 0.422. The van der Waals surface area contributed by atoms with Crippen LogP contribution in [0.25, 0.3) is 0 Å². The molecular weight excluding hydrogens is 246 g/mol. The van der Waals surface area contributed by atoms with E-state index in [-0.39, 0.29) is 5.96 Å². The van der Waals surface area contributed by atoms with Crippen LogP contribution >= 0.6 is 12.2 Å². The minimum atomic E-state index is -0.0179. The first-order valence-corrected chi connectivity index (χ1v) is 6.34. The van der Waals surface area contributed by atoms with Gasteiger partial charge in [0.15, 0.2) is 11.1 Å². The molecule has 0 bridgehead atoms. The molecule has 0 fully saturated rings. The number of nitrogens with one attached hydrogen (secondary N) is 2. The van der Waals surface area contributed by atoms with Gasteiger partial charge in [-0.3, -0.25) is 15.3 Å². The molecule has 6 heteroatoms. The summed E-state index contributed by atoms with van der Waals surface area (Å²) in [6, 6.07) is 3.97. The van der Waals surface area contributed by atoms with Crippen molar-refractivity contribution in [1.82, 2.24) is 15.2 Å². The van der Waals surface area contributed by atoms with Gasteiger partial charge in [-0.1, -0.05) is 0 Å². The maximum atomic E-state index is 7.51. The highest BCUT2D eigenvalue weighted by Gasteiger charge is 2.11. The number of pyridine rings is 1. The van der Waals surface area contributed by atoms with E-state index in [1.54, 1.807) is 17.3 Å². The Kier molecular flexibility index (Phi) is 6.07. The summed E-state index contributed by atoms with van der Waals surface area (Å²) in [5.74, 6) is -0.0179. The first kappa shape index (κ1) is 14.4. The number of nitrogens with zero attached hydrogens (tertiary/aromatic N) is 2. The molecule has 1 aromatic rings. The summed E-state index contributed by atoms with van der Waals surface area (Å²) in [5.41, 5.74) is 6.74. The Morgan fingerprint density at radius 2 is 2.17 bits per heavy atom. The highest BCUT2D eigenvalue weighted by atomic mass is 32.1. The van der Waals surface area contributed by atoms with Crippen molar-refractivity contribution in [3.05, 3.63) is 30.1 Å². The molecule has 0 saturated carbocycles. The Morgan fingerprint density at radius 1 is 1.50 bits per heavy atom. The van der Waals surface area contributed by atoms with Crippen LogP contribution in [-0.4, -0.2) is 34.0 Å². The average Bonchev–Trinajstić information content (AvgIpc) is 2.35. The Bertz CT molecular complexity index is 393. The van der Waals surface area contributed by atoms with Crippen LogP contribution < -0.4 is 11.1 Å². The number of aromatic nitrogens is 1. The molecule has 0 aliphatic carbocycles. The topological polar surface area (TPSA) is 78.0 Å². The first-order valence-electron chi connectivity index (χ1n) is 5.93. The van der Waals surface area contributed by atoms with Gasteiger partial charge in [-0.2, -0.15) is 0 Å². The minimum absolute atomic E-state index is 0.0179. The van der Waals surface area contributed by atoms with Crippen LogP contribution in [0, 0.1) is 5.41 Å². The number of thiocarbonyl (C=S) groups is 1. The van der Waals surface area contributed by atoms with Crippen molar-refractivity contribution < 1.29 is 0 Å². The molecule has 5 nitrogen and oxygen atoms in total. The summed E-state index contributed by atoms with van der Waals surface area (Å²) in [4.78, 5) is 5.59. The van der Waals surface area contributed by atoms with Crippen molar-refractivity contribution in [2.45, 2.75) is 19.8 Å². The maximum Gasteiger partial charge on any atom is 0.194 e. The second-order valence-corrected chi connectivity index (χ2v) is 4.22. The van der Waals surface area contributed by atoms with Crippen molar-refractivity contribution in [3.63, 3.8) is 0 Å². The van der Waals surface area contributed by atoms with Crippen LogP contribution in [0.2, 0.25) is 0 Å². The molecule has 0 radical (unpaired) electrons. The molecule has 98 valence electrons. The molecule has 0 amide bonds. The third-order valence-corrected chi connectivity index (χ3v) is 2.83. The minimum Gasteiger partial charge on any atom is -0.370 e. The lowest BCUT2D eigenvalue weighted by Crippen LogP contribution is -2.47. The molecule has 0 unspecified atom stereocenters. The van der Waals surface area contributed by atoms with Crippen LogP contribution in [-0.2, 0) is 6.42 Å². The fraction of sp³-hybridized carbons (Fsp3) is 0.417. The van der Waals surface area contributed by atoms with E-state index in [1.165, 1.54) is 5.56 Å². The van der Waals surface area contributed by atoms with E-state index in [4.69, 9.17) is 23.4 Å². The lowest BCUT2D eigenvalue weighted by Gasteiger charge is -2.23. The molecule has 4 N–H and O–H groups in total. The van der Waals surface area contributed by atoms with Gasteiger partial charge in [-0.05, 0) is 49.7 Å². The molecule has 1 heterocycles. The van der Waals surface area contributed by atoms with Gasteiger partial charge in [0.05, 0.1) is 0 Å². The van der Waals surface area contributed by atoms with Crippen molar-refractivity contribution in [2.24, 2.45) is 5.73 Å². The Labute approximate surface area is 113 Å². The highest BCUT2D eigenvalue weighted by molar-refractivity contribution is 7.80. The zero-order valence-corrected chi connectivity index (χ0v) is 11.3. The van der Waals surface area contributed by atoms with Crippen molar-refractivity contribution in [1.29, 1.82) is 5.41 Å². The molecule has 0 aliphatic heterocycles.